The molecule has 0 unspecified atom stereocenters. The number of rotatable bonds is 7. The molecule has 0 saturated carbocycles. The topological polar surface area (TPSA) is 46.5 Å². The molecule has 0 bridgehead atoms. The molecule has 7 heteroatoms. The van der Waals surface area contributed by atoms with Gasteiger partial charge in [-0.2, -0.15) is 5.10 Å². The molecule has 0 aliphatic carbocycles. The van der Waals surface area contributed by atoms with Crippen molar-refractivity contribution in [2.24, 2.45) is 5.10 Å². The van der Waals surface area contributed by atoms with Crippen molar-refractivity contribution in [2.75, 3.05) is 5.43 Å². The third-order valence-corrected chi connectivity index (χ3v) is 5.22. The molecule has 0 radical (unpaired) electrons. The minimum Gasteiger partial charge on any atom is -0.489 e. The van der Waals surface area contributed by atoms with Crippen LogP contribution in [0.1, 0.15) is 11.1 Å². The van der Waals surface area contributed by atoms with Crippen LogP contribution in [0.4, 0.5) is 9.52 Å². The molecule has 0 amide bonds. The molecule has 1 N–H and O–H groups in total. The molecule has 0 spiro atoms. The molecule has 0 aliphatic rings. The molecule has 4 rings (SSSR count). The van der Waals surface area contributed by atoms with E-state index in [-0.39, 0.29) is 12.4 Å². The predicted molar refractivity (Wildman–Crippen MR) is 121 cm³/mol. The number of thiazole rings is 1. The summed E-state index contributed by atoms with van der Waals surface area (Å²) < 4.78 is 19.4. The van der Waals surface area contributed by atoms with E-state index in [0.29, 0.717) is 16.3 Å². The van der Waals surface area contributed by atoms with Crippen LogP contribution in [0.5, 0.6) is 5.75 Å². The fourth-order valence-corrected chi connectivity index (χ4v) is 3.51. The van der Waals surface area contributed by atoms with Gasteiger partial charge >= 0.3 is 0 Å². The van der Waals surface area contributed by atoms with Gasteiger partial charge in [-0.3, -0.25) is 5.43 Å². The summed E-state index contributed by atoms with van der Waals surface area (Å²) in [7, 11) is 0. The van der Waals surface area contributed by atoms with Gasteiger partial charge in [-0.05, 0) is 42.0 Å². The van der Waals surface area contributed by atoms with Gasteiger partial charge in [0, 0.05) is 21.5 Å². The average Bonchev–Trinajstić information content (AvgIpc) is 3.24. The van der Waals surface area contributed by atoms with Gasteiger partial charge < -0.3 is 4.74 Å². The number of anilines is 1. The summed E-state index contributed by atoms with van der Waals surface area (Å²) in [4.78, 5) is 4.53. The minimum absolute atomic E-state index is 0.131. The van der Waals surface area contributed by atoms with Crippen molar-refractivity contribution in [3.05, 3.63) is 100 Å². The SMILES string of the molecule is Fc1cc(Cl)ccc1COc1ccc(C=NNc2nc(-c3ccccc3)cs2)cc1. The maximum Gasteiger partial charge on any atom is 0.203 e. The van der Waals surface area contributed by atoms with Crippen molar-refractivity contribution in [3.8, 4) is 17.0 Å². The lowest BCUT2D eigenvalue weighted by atomic mass is 10.2. The van der Waals surface area contributed by atoms with Crippen molar-refractivity contribution < 1.29 is 9.13 Å². The highest BCUT2D eigenvalue weighted by Gasteiger charge is 2.05. The maximum absolute atomic E-state index is 13.8. The molecule has 3 aromatic carbocycles. The Labute approximate surface area is 182 Å². The van der Waals surface area contributed by atoms with Crippen molar-refractivity contribution in [1.82, 2.24) is 4.98 Å². The molecular formula is C23H17ClFN3OS. The number of benzene rings is 3. The van der Waals surface area contributed by atoms with E-state index in [1.54, 1.807) is 18.3 Å². The summed E-state index contributed by atoms with van der Waals surface area (Å²) in [5, 5.41) is 7.30. The number of halogens is 2. The van der Waals surface area contributed by atoms with Crippen LogP contribution >= 0.6 is 22.9 Å². The quantitative estimate of drug-likeness (QED) is 0.261. The van der Waals surface area contributed by atoms with Gasteiger partial charge in [0.15, 0.2) is 0 Å². The molecule has 150 valence electrons. The zero-order valence-electron chi connectivity index (χ0n) is 15.8. The Kier molecular flexibility index (Phi) is 6.37. The third-order valence-electron chi connectivity index (χ3n) is 4.24. The second kappa shape index (κ2) is 9.52. The number of hydrogen-bond donors (Lipinski definition) is 1. The zero-order valence-corrected chi connectivity index (χ0v) is 17.3. The van der Waals surface area contributed by atoms with E-state index in [2.05, 4.69) is 15.5 Å². The number of aromatic nitrogens is 1. The number of ether oxygens (including phenoxy) is 1. The first-order valence-corrected chi connectivity index (χ1v) is 10.4. The van der Waals surface area contributed by atoms with Crippen LogP contribution in [-0.2, 0) is 6.61 Å². The summed E-state index contributed by atoms with van der Waals surface area (Å²) in [6.45, 7) is 0.131. The van der Waals surface area contributed by atoms with E-state index >= 15 is 0 Å². The highest BCUT2D eigenvalue weighted by atomic mass is 35.5. The second-order valence-corrected chi connectivity index (χ2v) is 7.66. The Hall–Kier alpha value is -3.22. The van der Waals surface area contributed by atoms with Crippen molar-refractivity contribution in [1.29, 1.82) is 0 Å². The maximum atomic E-state index is 13.8. The van der Waals surface area contributed by atoms with Crippen LogP contribution in [0.25, 0.3) is 11.3 Å². The molecule has 4 aromatic rings. The van der Waals surface area contributed by atoms with Gasteiger partial charge in [-0.15, -0.1) is 11.3 Å². The molecule has 0 fully saturated rings. The van der Waals surface area contributed by atoms with Crippen molar-refractivity contribution in [3.63, 3.8) is 0 Å². The molecular weight excluding hydrogens is 421 g/mol. The molecule has 1 aromatic heterocycles. The Balaban J connectivity index is 1.31. The smallest absolute Gasteiger partial charge is 0.203 e. The monoisotopic (exact) mass is 437 g/mol. The predicted octanol–water partition coefficient (Wildman–Crippen LogP) is 6.63. The molecule has 0 aliphatic heterocycles. The Morgan fingerprint density at radius 3 is 2.63 bits per heavy atom. The second-order valence-electron chi connectivity index (χ2n) is 6.37. The largest absolute Gasteiger partial charge is 0.489 e. The van der Waals surface area contributed by atoms with Gasteiger partial charge in [0.05, 0.1) is 11.9 Å². The summed E-state index contributed by atoms with van der Waals surface area (Å²) in [5.74, 6) is 0.261. The van der Waals surface area contributed by atoms with E-state index in [1.165, 1.54) is 17.4 Å². The minimum atomic E-state index is -0.380. The molecule has 0 atom stereocenters. The van der Waals surface area contributed by atoms with Crippen molar-refractivity contribution in [2.45, 2.75) is 6.61 Å². The Morgan fingerprint density at radius 1 is 1.07 bits per heavy atom. The van der Waals surface area contributed by atoms with E-state index < -0.39 is 0 Å². The lowest BCUT2D eigenvalue weighted by Crippen LogP contribution is -1.98. The fraction of sp³-hybridized carbons (Fsp3) is 0.0435. The van der Waals surface area contributed by atoms with Crippen LogP contribution in [0.2, 0.25) is 5.02 Å². The molecule has 0 saturated heterocycles. The first-order valence-electron chi connectivity index (χ1n) is 9.14. The first kappa shape index (κ1) is 20.1. The summed E-state index contributed by atoms with van der Waals surface area (Å²) in [6.07, 6.45) is 1.70. The van der Waals surface area contributed by atoms with Crippen molar-refractivity contribution >= 4 is 34.3 Å². The van der Waals surface area contributed by atoms with E-state index in [4.69, 9.17) is 16.3 Å². The summed E-state index contributed by atoms with van der Waals surface area (Å²) in [5.41, 5.74) is 6.28. The van der Waals surface area contributed by atoms with Crippen LogP contribution in [0, 0.1) is 5.82 Å². The molecule has 1 heterocycles. The number of nitrogens with one attached hydrogen (secondary N) is 1. The number of hydrazone groups is 1. The van der Waals surface area contributed by atoms with Crippen LogP contribution < -0.4 is 10.2 Å². The lowest BCUT2D eigenvalue weighted by molar-refractivity contribution is 0.300. The Bertz CT molecular complexity index is 1150. The highest BCUT2D eigenvalue weighted by molar-refractivity contribution is 7.14. The number of hydrogen-bond acceptors (Lipinski definition) is 5. The standard InChI is InChI=1S/C23H17ClFN3OS/c24-19-9-8-18(21(25)12-19)14-29-20-10-6-16(7-11-20)13-26-28-23-27-22(15-30-23)17-4-2-1-3-5-17/h1-13,15H,14H2,(H,27,28). The first-order chi connectivity index (χ1) is 14.7. The van der Waals surface area contributed by atoms with Gasteiger partial charge in [0.2, 0.25) is 5.13 Å². The van der Waals surface area contributed by atoms with Gasteiger partial charge in [-0.1, -0.05) is 48.0 Å². The van der Waals surface area contributed by atoms with Gasteiger partial charge in [0.1, 0.15) is 18.2 Å². The fourth-order valence-electron chi connectivity index (χ4n) is 2.68. The summed E-state index contributed by atoms with van der Waals surface area (Å²) in [6, 6.07) is 21.9. The Morgan fingerprint density at radius 2 is 1.87 bits per heavy atom. The van der Waals surface area contributed by atoms with E-state index in [0.717, 1.165) is 22.0 Å². The van der Waals surface area contributed by atoms with Crippen LogP contribution in [0.3, 0.4) is 0 Å². The average molecular weight is 438 g/mol. The van der Waals surface area contributed by atoms with E-state index in [9.17, 15) is 4.39 Å². The molecule has 4 nitrogen and oxygen atoms in total. The highest BCUT2D eigenvalue weighted by Crippen LogP contribution is 2.24. The van der Waals surface area contributed by atoms with Gasteiger partial charge in [-0.25, -0.2) is 9.37 Å². The summed E-state index contributed by atoms with van der Waals surface area (Å²) >= 11 is 7.25. The van der Waals surface area contributed by atoms with Crippen LogP contribution in [-0.4, -0.2) is 11.2 Å². The number of nitrogens with zero attached hydrogens (tertiary/aromatic N) is 2. The zero-order chi connectivity index (χ0) is 20.8. The molecule has 30 heavy (non-hydrogen) atoms. The van der Waals surface area contributed by atoms with E-state index in [1.807, 2.05) is 60.0 Å². The van der Waals surface area contributed by atoms with Crippen LogP contribution in [0.15, 0.2) is 83.3 Å². The lowest BCUT2D eigenvalue weighted by Gasteiger charge is -2.07. The van der Waals surface area contributed by atoms with Gasteiger partial charge in [0.25, 0.3) is 0 Å². The third kappa shape index (κ3) is 5.23. The normalized spacial score (nSPS) is 11.0.